The van der Waals surface area contributed by atoms with Crippen LogP contribution in [0.5, 0.6) is 0 Å². The van der Waals surface area contributed by atoms with Crippen LogP contribution in [0, 0.1) is 0 Å². The van der Waals surface area contributed by atoms with Gasteiger partial charge in [0.25, 0.3) is 5.91 Å². The van der Waals surface area contributed by atoms with Crippen LogP contribution in [-0.2, 0) is 0 Å². The van der Waals surface area contributed by atoms with E-state index in [4.69, 9.17) is 5.73 Å². The van der Waals surface area contributed by atoms with E-state index in [0.29, 0.717) is 12.1 Å². The van der Waals surface area contributed by atoms with Crippen molar-refractivity contribution in [3.63, 3.8) is 0 Å². The monoisotopic (exact) mass is 263 g/mol. The van der Waals surface area contributed by atoms with Crippen molar-refractivity contribution in [1.29, 1.82) is 0 Å². The Morgan fingerprint density at radius 1 is 1.32 bits per heavy atom. The third-order valence-electron chi connectivity index (χ3n) is 3.75. The number of nitrogens with one attached hydrogen (secondary N) is 1. The van der Waals surface area contributed by atoms with E-state index in [1.54, 1.807) is 0 Å². The molecule has 0 atom stereocenters. The number of hydrogen-bond acceptors (Lipinski definition) is 3. The van der Waals surface area contributed by atoms with Gasteiger partial charge in [0, 0.05) is 31.9 Å². The Morgan fingerprint density at radius 2 is 1.95 bits per heavy atom. The third-order valence-corrected chi connectivity index (χ3v) is 3.75. The lowest BCUT2D eigenvalue weighted by Gasteiger charge is -2.31. The average molecular weight is 263 g/mol. The van der Waals surface area contributed by atoms with Crippen molar-refractivity contribution in [2.45, 2.75) is 32.2 Å². The Kier molecular flexibility index (Phi) is 5.36. The second kappa shape index (κ2) is 6.57. The van der Waals surface area contributed by atoms with Crippen molar-refractivity contribution in [1.82, 2.24) is 5.32 Å². The number of carbonyl (C=O) groups is 1. The summed E-state index contributed by atoms with van der Waals surface area (Å²) in [5, 5.41) is 3.08. The first-order valence-electron chi connectivity index (χ1n) is 6.78. The summed E-state index contributed by atoms with van der Waals surface area (Å²) < 4.78 is 0. The molecule has 0 fully saturated rings. The first kappa shape index (κ1) is 15.5. The zero-order valence-corrected chi connectivity index (χ0v) is 12.4. The van der Waals surface area contributed by atoms with Gasteiger partial charge in [-0.15, -0.1) is 0 Å². The van der Waals surface area contributed by atoms with Crippen LogP contribution in [0.2, 0.25) is 0 Å². The molecule has 0 aromatic heterocycles. The Morgan fingerprint density at radius 3 is 2.42 bits per heavy atom. The van der Waals surface area contributed by atoms with Gasteiger partial charge in [-0.25, -0.2) is 0 Å². The Hall–Kier alpha value is -1.55. The van der Waals surface area contributed by atoms with Crippen molar-refractivity contribution in [2.24, 2.45) is 5.73 Å². The van der Waals surface area contributed by atoms with Crippen molar-refractivity contribution in [3.8, 4) is 0 Å². The summed E-state index contributed by atoms with van der Waals surface area (Å²) >= 11 is 0. The van der Waals surface area contributed by atoms with Crippen molar-refractivity contribution >= 4 is 11.6 Å². The molecule has 19 heavy (non-hydrogen) atoms. The van der Waals surface area contributed by atoms with E-state index >= 15 is 0 Å². The highest BCUT2D eigenvalue weighted by molar-refractivity contribution is 5.95. The molecule has 0 spiro atoms. The minimum atomic E-state index is -0.300. The van der Waals surface area contributed by atoms with Gasteiger partial charge < -0.3 is 16.0 Å². The van der Waals surface area contributed by atoms with Crippen LogP contribution in [0.1, 0.15) is 37.0 Å². The van der Waals surface area contributed by atoms with Gasteiger partial charge in [0.15, 0.2) is 0 Å². The highest BCUT2D eigenvalue weighted by atomic mass is 16.1. The van der Waals surface area contributed by atoms with Gasteiger partial charge in [0.2, 0.25) is 0 Å². The molecule has 0 aliphatic rings. The first-order chi connectivity index (χ1) is 8.98. The lowest BCUT2D eigenvalue weighted by molar-refractivity contribution is 0.0895. The molecule has 0 saturated heterocycles. The summed E-state index contributed by atoms with van der Waals surface area (Å²) in [7, 11) is 3.92. The Labute approximate surface area is 116 Å². The number of nitrogens with two attached hydrogens (primary N) is 1. The fourth-order valence-corrected chi connectivity index (χ4v) is 2.00. The summed E-state index contributed by atoms with van der Waals surface area (Å²) in [5.41, 5.74) is 7.20. The molecule has 1 aromatic rings. The maximum Gasteiger partial charge on any atom is 0.251 e. The van der Waals surface area contributed by atoms with Gasteiger partial charge in [-0.05, 0) is 31.0 Å². The predicted octanol–water partition coefficient (Wildman–Crippen LogP) is 2.00. The van der Waals surface area contributed by atoms with E-state index in [2.05, 4.69) is 5.32 Å². The zero-order chi connectivity index (χ0) is 14.5. The summed E-state index contributed by atoms with van der Waals surface area (Å²) in [6.07, 6.45) is 1.66. The maximum atomic E-state index is 12.3. The van der Waals surface area contributed by atoms with Gasteiger partial charge in [-0.3, -0.25) is 4.79 Å². The average Bonchev–Trinajstić information content (AvgIpc) is 2.45. The molecule has 0 aliphatic carbocycles. The van der Waals surface area contributed by atoms with Crippen LogP contribution in [0.15, 0.2) is 24.3 Å². The topological polar surface area (TPSA) is 58.4 Å². The molecule has 1 amide bonds. The molecule has 0 heterocycles. The van der Waals surface area contributed by atoms with Crippen molar-refractivity contribution < 1.29 is 4.79 Å². The molecule has 0 bridgehead atoms. The van der Waals surface area contributed by atoms with Gasteiger partial charge in [-0.1, -0.05) is 19.9 Å². The van der Waals surface area contributed by atoms with Crippen LogP contribution < -0.4 is 16.0 Å². The number of amides is 1. The largest absolute Gasteiger partial charge is 0.378 e. The van der Waals surface area contributed by atoms with E-state index < -0.39 is 0 Å². The molecule has 4 nitrogen and oxygen atoms in total. The molecule has 0 radical (unpaired) electrons. The summed E-state index contributed by atoms with van der Waals surface area (Å²) in [6.45, 7) is 4.55. The molecule has 4 heteroatoms. The molecular formula is C15H25N3O. The van der Waals surface area contributed by atoms with E-state index in [1.807, 2.05) is 57.1 Å². The Balaban J connectivity index is 2.91. The normalized spacial score (nSPS) is 11.2. The van der Waals surface area contributed by atoms with Crippen LogP contribution in [0.3, 0.4) is 0 Å². The Bertz CT molecular complexity index is 417. The van der Waals surface area contributed by atoms with E-state index in [0.717, 1.165) is 18.5 Å². The van der Waals surface area contributed by atoms with E-state index in [1.165, 1.54) is 0 Å². The summed E-state index contributed by atoms with van der Waals surface area (Å²) in [6, 6.07) is 7.59. The highest BCUT2D eigenvalue weighted by Gasteiger charge is 2.26. The molecule has 0 aliphatic heterocycles. The number of benzene rings is 1. The van der Waals surface area contributed by atoms with Crippen molar-refractivity contribution in [2.75, 3.05) is 25.5 Å². The second-order valence-corrected chi connectivity index (χ2v) is 5.09. The lowest BCUT2D eigenvalue weighted by Crippen LogP contribution is -2.52. The summed E-state index contributed by atoms with van der Waals surface area (Å²) in [5.74, 6) is -0.0575. The number of anilines is 1. The smallest absolute Gasteiger partial charge is 0.251 e. The van der Waals surface area contributed by atoms with Gasteiger partial charge >= 0.3 is 0 Å². The SMILES string of the molecule is CCC(CC)(CN)NC(=O)c1cccc(N(C)C)c1. The zero-order valence-electron chi connectivity index (χ0n) is 12.4. The number of hydrogen-bond donors (Lipinski definition) is 2. The molecule has 106 valence electrons. The lowest BCUT2D eigenvalue weighted by atomic mass is 9.92. The molecule has 0 unspecified atom stereocenters. The molecular weight excluding hydrogens is 238 g/mol. The van der Waals surface area contributed by atoms with Gasteiger partial charge in [0.1, 0.15) is 0 Å². The molecule has 1 rings (SSSR count). The standard InChI is InChI=1S/C15H25N3O/c1-5-15(6-2,11-16)17-14(19)12-8-7-9-13(10-12)18(3)4/h7-10H,5-6,11,16H2,1-4H3,(H,17,19). The maximum absolute atomic E-state index is 12.3. The minimum absolute atomic E-state index is 0.0575. The predicted molar refractivity (Wildman–Crippen MR) is 80.6 cm³/mol. The first-order valence-corrected chi connectivity index (χ1v) is 6.78. The van der Waals surface area contributed by atoms with Crippen LogP contribution >= 0.6 is 0 Å². The minimum Gasteiger partial charge on any atom is -0.378 e. The number of rotatable bonds is 6. The quantitative estimate of drug-likeness (QED) is 0.825. The number of carbonyl (C=O) groups excluding carboxylic acids is 1. The van der Waals surface area contributed by atoms with Crippen molar-refractivity contribution in [3.05, 3.63) is 29.8 Å². The number of nitrogens with zero attached hydrogens (tertiary/aromatic N) is 1. The third kappa shape index (κ3) is 3.70. The molecule has 0 saturated carbocycles. The molecule has 1 aromatic carbocycles. The van der Waals surface area contributed by atoms with E-state index in [9.17, 15) is 4.79 Å². The fourth-order valence-electron chi connectivity index (χ4n) is 2.00. The molecule has 3 N–H and O–H groups in total. The van der Waals surface area contributed by atoms with E-state index in [-0.39, 0.29) is 11.4 Å². The van der Waals surface area contributed by atoms with Crippen LogP contribution in [-0.4, -0.2) is 32.1 Å². The van der Waals surface area contributed by atoms with Gasteiger partial charge in [-0.2, -0.15) is 0 Å². The summed E-state index contributed by atoms with van der Waals surface area (Å²) in [4.78, 5) is 14.3. The van der Waals surface area contributed by atoms with Crippen LogP contribution in [0.4, 0.5) is 5.69 Å². The van der Waals surface area contributed by atoms with Crippen LogP contribution in [0.25, 0.3) is 0 Å². The fraction of sp³-hybridized carbons (Fsp3) is 0.533. The highest BCUT2D eigenvalue weighted by Crippen LogP contribution is 2.17. The second-order valence-electron chi connectivity index (χ2n) is 5.09. The van der Waals surface area contributed by atoms with Gasteiger partial charge in [0.05, 0.1) is 5.54 Å².